The number of rotatable bonds is 3. The van der Waals surface area contributed by atoms with Crippen molar-refractivity contribution < 1.29 is 50.9 Å². The molecule has 3 aromatic rings. The number of carboxylic acids is 2. The summed E-state index contributed by atoms with van der Waals surface area (Å²) in [5.41, 5.74) is 2.62. The van der Waals surface area contributed by atoms with Gasteiger partial charge in [-0.25, -0.2) is 14.6 Å². The van der Waals surface area contributed by atoms with Gasteiger partial charge in [0.1, 0.15) is 11.2 Å². The van der Waals surface area contributed by atoms with Crippen molar-refractivity contribution in [3.05, 3.63) is 72.4 Å². The first-order chi connectivity index (χ1) is 19.6. The molecule has 226 valence electrons. The number of aliphatic carboxylic acids is 2. The molecule has 0 saturated carbocycles. The van der Waals surface area contributed by atoms with Gasteiger partial charge in [0.05, 0.1) is 11.4 Å². The Morgan fingerprint density at radius 2 is 1.52 bits per heavy atom. The second kappa shape index (κ2) is 12.5. The van der Waals surface area contributed by atoms with Gasteiger partial charge >= 0.3 is 24.3 Å². The summed E-state index contributed by atoms with van der Waals surface area (Å²) in [5, 5.41) is 14.2. The number of fused-ring (bicyclic) bond motifs is 4. The van der Waals surface area contributed by atoms with Gasteiger partial charge in [0.15, 0.2) is 5.82 Å². The minimum absolute atomic E-state index is 0.00372. The molecule has 10 nitrogen and oxygen atoms in total. The molecule has 0 aromatic carbocycles. The maximum absolute atomic E-state index is 13.1. The molecule has 3 aromatic heterocycles. The number of anilines is 1. The number of aromatic nitrogens is 3. The van der Waals surface area contributed by atoms with Gasteiger partial charge in [-0.15, -0.1) is 0 Å². The van der Waals surface area contributed by atoms with Crippen LogP contribution in [-0.4, -0.2) is 79.5 Å². The van der Waals surface area contributed by atoms with Crippen LogP contribution in [0.4, 0.5) is 32.0 Å². The third-order valence-corrected chi connectivity index (χ3v) is 6.38. The first kappa shape index (κ1) is 31.9. The Morgan fingerprint density at radius 3 is 2.07 bits per heavy atom. The molecule has 2 N–H and O–H groups in total. The lowest BCUT2D eigenvalue weighted by Gasteiger charge is -2.47. The van der Waals surface area contributed by atoms with Crippen LogP contribution in [0.15, 0.2) is 61.1 Å². The summed E-state index contributed by atoms with van der Waals surface area (Å²) in [6.07, 6.45) is -2.64. The monoisotopic (exact) mass is 601 g/mol. The predicted octanol–water partition coefficient (Wildman–Crippen LogP) is 4.51. The van der Waals surface area contributed by atoms with Crippen molar-refractivity contribution in [1.29, 1.82) is 0 Å². The Balaban J connectivity index is 0.000000289. The minimum atomic E-state index is -5.08. The number of halogens is 6. The van der Waals surface area contributed by atoms with E-state index in [2.05, 4.69) is 50.8 Å². The highest BCUT2D eigenvalue weighted by Gasteiger charge is 2.50. The summed E-state index contributed by atoms with van der Waals surface area (Å²) >= 11 is 0. The normalized spacial score (nSPS) is 17.3. The molecule has 1 saturated heterocycles. The van der Waals surface area contributed by atoms with Gasteiger partial charge in [-0.3, -0.25) is 9.78 Å². The largest absolute Gasteiger partial charge is 0.490 e. The van der Waals surface area contributed by atoms with Crippen LogP contribution >= 0.6 is 0 Å². The average Bonchev–Trinajstić information content (AvgIpc) is 3.60. The van der Waals surface area contributed by atoms with Crippen LogP contribution in [0.25, 0.3) is 5.82 Å². The Labute approximate surface area is 234 Å². The van der Waals surface area contributed by atoms with E-state index in [0.717, 1.165) is 37.4 Å². The second-order valence-electron chi connectivity index (χ2n) is 9.09. The summed E-state index contributed by atoms with van der Waals surface area (Å²) in [4.78, 5) is 44.2. The lowest BCUT2D eigenvalue weighted by Crippen LogP contribution is -2.53. The highest BCUT2D eigenvalue weighted by atomic mass is 19.4. The molecule has 0 radical (unpaired) electrons. The molecule has 5 heterocycles. The maximum Gasteiger partial charge on any atom is 0.490 e. The number of hydrogen-bond acceptors (Lipinski definition) is 6. The van der Waals surface area contributed by atoms with Crippen LogP contribution in [0, 0.1) is 0 Å². The predicted molar refractivity (Wildman–Crippen MR) is 135 cm³/mol. The number of carbonyl (C=O) groups excluding carboxylic acids is 1. The molecule has 16 heteroatoms. The van der Waals surface area contributed by atoms with E-state index < -0.39 is 24.3 Å². The van der Waals surface area contributed by atoms with Crippen LogP contribution in [0.3, 0.4) is 0 Å². The molecule has 2 aliphatic rings. The number of alkyl halides is 6. The van der Waals surface area contributed by atoms with Crippen molar-refractivity contribution in [2.45, 2.75) is 37.7 Å². The molecule has 1 amide bonds. The average molecular weight is 602 g/mol. The summed E-state index contributed by atoms with van der Waals surface area (Å²) < 4.78 is 65.7. The van der Waals surface area contributed by atoms with Crippen LogP contribution in [0.5, 0.6) is 0 Å². The van der Waals surface area contributed by atoms with E-state index in [0.29, 0.717) is 12.2 Å². The van der Waals surface area contributed by atoms with Crippen molar-refractivity contribution in [3.63, 3.8) is 0 Å². The fraction of sp³-hybridized carbons (Fsp3) is 0.346. The van der Waals surface area contributed by atoms with Crippen LogP contribution in [0.1, 0.15) is 35.9 Å². The number of nitrogens with zero attached hydrogens (tertiary/aromatic N) is 5. The molecular weight excluding hydrogens is 576 g/mol. The molecule has 1 fully saturated rings. The smallest absolute Gasteiger partial charge is 0.475 e. The molecule has 5 rings (SSSR count). The van der Waals surface area contributed by atoms with Gasteiger partial charge < -0.3 is 24.6 Å². The molecule has 42 heavy (non-hydrogen) atoms. The highest BCUT2D eigenvalue weighted by molar-refractivity contribution is 5.92. The lowest BCUT2D eigenvalue weighted by molar-refractivity contribution is -0.193. The number of amides is 1. The number of likely N-dealkylation sites (tertiary alicyclic amines) is 1. The van der Waals surface area contributed by atoms with Crippen molar-refractivity contribution in [3.8, 4) is 5.82 Å². The maximum atomic E-state index is 13.1. The molecule has 0 bridgehead atoms. The summed E-state index contributed by atoms with van der Waals surface area (Å²) in [6, 6.07) is 13.9. The highest BCUT2D eigenvalue weighted by Crippen LogP contribution is 2.47. The van der Waals surface area contributed by atoms with E-state index in [-0.39, 0.29) is 11.4 Å². The first-order valence-corrected chi connectivity index (χ1v) is 12.3. The fourth-order valence-corrected chi connectivity index (χ4v) is 4.70. The molecule has 0 aliphatic carbocycles. The van der Waals surface area contributed by atoms with E-state index >= 15 is 0 Å². The fourth-order valence-electron chi connectivity index (χ4n) is 4.70. The summed E-state index contributed by atoms with van der Waals surface area (Å²) in [7, 11) is 0. The zero-order valence-corrected chi connectivity index (χ0v) is 21.9. The van der Waals surface area contributed by atoms with E-state index in [1.54, 1.807) is 12.3 Å². The van der Waals surface area contributed by atoms with Gasteiger partial charge in [0.2, 0.25) is 0 Å². The van der Waals surface area contributed by atoms with Gasteiger partial charge in [-0.05, 0) is 49.2 Å². The zero-order valence-electron chi connectivity index (χ0n) is 21.9. The minimum Gasteiger partial charge on any atom is -0.475 e. The Hall–Kier alpha value is -4.63. The molecule has 1 unspecified atom stereocenters. The number of hydrogen-bond donors (Lipinski definition) is 2. The van der Waals surface area contributed by atoms with Crippen molar-refractivity contribution in [2.24, 2.45) is 0 Å². The Bertz CT molecular complexity index is 1390. The van der Waals surface area contributed by atoms with Crippen molar-refractivity contribution >= 4 is 23.5 Å². The van der Waals surface area contributed by atoms with Gasteiger partial charge in [0, 0.05) is 38.2 Å². The number of pyridine rings is 2. The van der Waals surface area contributed by atoms with Crippen LogP contribution in [-0.2, 0) is 15.1 Å². The molecule has 1 spiro atoms. The topological polar surface area (TPSA) is 129 Å². The van der Waals surface area contributed by atoms with Crippen LogP contribution in [0.2, 0.25) is 0 Å². The van der Waals surface area contributed by atoms with Gasteiger partial charge in [0.25, 0.3) is 5.91 Å². The Morgan fingerprint density at radius 1 is 0.905 bits per heavy atom. The summed E-state index contributed by atoms with van der Waals surface area (Å²) in [6.45, 7) is 4.50. The van der Waals surface area contributed by atoms with Gasteiger partial charge in [-0.2, -0.15) is 26.3 Å². The molecule has 2 aliphatic heterocycles. The number of carbonyl (C=O) groups is 3. The van der Waals surface area contributed by atoms with Crippen LogP contribution < -0.4 is 4.90 Å². The van der Waals surface area contributed by atoms with E-state index in [4.69, 9.17) is 19.8 Å². The molecular formula is C26H25F6N5O5. The molecule has 1 atom stereocenters. The van der Waals surface area contributed by atoms with E-state index in [1.807, 2.05) is 29.3 Å². The third kappa shape index (κ3) is 6.80. The summed E-state index contributed by atoms with van der Waals surface area (Å²) in [5.74, 6) is -4.54. The lowest BCUT2D eigenvalue weighted by atomic mass is 9.88. The van der Waals surface area contributed by atoms with E-state index in [1.165, 1.54) is 5.69 Å². The standard InChI is InChI=1S/C22H23N5O.2C2HF3O2/c1-2-13-27-18-8-5-12-24-20(18)26-14-6-9-19(26)22(27)10-15-25(16-22)21(28)17-7-3-4-11-23-17;2*3-2(4,5)1(6)7/h3-9,11-12,14H,2,10,13,15-16H2,1H3;2*(H,6,7). The number of carboxylic acid groups (broad SMARTS) is 2. The third-order valence-electron chi connectivity index (χ3n) is 6.38. The van der Waals surface area contributed by atoms with Gasteiger partial charge in [-0.1, -0.05) is 13.0 Å². The Kier molecular flexibility index (Phi) is 9.48. The quantitative estimate of drug-likeness (QED) is 0.420. The first-order valence-electron chi connectivity index (χ1n) is 12.3. The SMILES string of the molecule is CCCN1c2cccnc2-n2cccc2C12CCN(C(=O)c1ccccn1)C2.O=C(O)C(F)(F)F.O=C(O)C(F)(F)F. The van der Waals surface area contributed by atoms with Crippen molar-refractivity contribution in [2.75, 3.05) is 24.5 Å². The van der Waals surface area contributed by atoms with E-state index in [9.17, 15) is 31.1 Å². The second-order valence-corrected chi connectivity index (χ2v) is 9.09. The zero-order chi connectivity index (χ0) is 31.3. The van der Waals surface area contributed by atoms with Crippen molar-refractivity contribution in [1.82, 2.24) is 19.4 Å².